The van der Waals surface area contributed by atoms with Crippen molar-refractivity contribution in [3.63, 3.8) is 0 Å². The molecule has 1 aromatic carbocycles. The van der Waals surface area contributed by atoms with Crippen molar-refractivity contribution in [1.29, 1.82) is 0 Å². The zero-order chi connectivity index (χ0) is 11.3. The Balaban J connectivity index is 3.07. The van der Waals surface area contributed by atoms with Gasteiger partial charge in [-0.15, -0.1) is 6.42 Å². The highest BCUT2D eigenvalue weighted by Gasteiger charge is 2.37. The summed E-state index contributed by atoms with van der Waals surface area (Å²) >= 11 is 6.07. The van der Waals surface area contributed by atoms with E-state index in [1.807, 2.05) is 6.07 Å². The molecule has 1 unspecified atom stereocenters. The predicted octanol–water partition coefficient (Wildman–Crippen LogP) is 2.32. The molecule has 3 heteroatoms. The first-order valence-corrected chi connectivity index (χ1v) is 4.92. The van der Waals surface area contributed by atoms with E-state index < -0.39 is 10.8 Å². The van der Waals surface area contributed by atoms with Crippen molar-refractivity contribution >= 4 is 17.6 Å². The van der Waals surface area contributed by atoms with Crippen molar-refractivity contribution in [2.75, 3.05) is 6.61 Å². The zero-order valence-corrected chi connectivity index (χ0v) is 9.12. The smallest absolute Gasteiger partial charge is 0.344 e. The van der Waals surface area contributed by atoms with Gasteiger partial charge in [-0.25, -0.2) is 4.79 Å². The second-order valence-electron chi connectivity index (χ2n) is 2.89. The minimum absolute atomic E-state index is 0.252. The number of carbonyl (C=O) groups is 1. The summed E-state index contributed by atoms with van der Waals surface area (Å²) in [6.45, 7) is 1.96. The molecule has 0 aliphatic heterocycles. The molecular weight excluding hydrogens is 212 g/mol. The van der Waals surface area contributed by atoms with Gasteiger partial charge in [0, 0.05) is 0 Å². The monoisotopic (exact) mass is 222 g/mol. The van der Waals surface area contributed by atoms with E-state index in [9.17, 15) is 4.79 Å². The maximum Gasteiger partial charge on any atom is 0.344 e. The Morgan fingerprint density at radius 2 is 2.13 bits per heavy atom. The molecule has 0 saturated carbocycles. The SMILES string of the molecule is C#CC(Cl)(C(=O)OCC)c1ccccc1. The third-order valence-electron chi connectivity index (χ3n) is 1.93. The molecule has 78 valence electrons. The molecule has 1 rings (SSSR count). The molecule has 15 heavy (non-hydrogen) atoms. The van der Waals surface area contributed by atoms with Crippen LogP contribution in [0.4, 0.5) is 0 Å². The van der Waals surface area contributed by atoms with Gasteiger partial charge in [0.2, 0.25) is 4.87 Å². The maximum absolute atomic E-state index is 11.6. The fraction of sp³-hybridized carbons (Fsp3) is 0.250. The normalized spacial score (nSPS) is 13.7. The van der Waals surface area contributed by atoms with Gasteiger partial charge in [-0.2, -0.15) is 0 Å². The van der Waals surface area contributed by atoms with E-state index in [0.717, 1.165) is 0 Å². The largest absolute Gasteiger partial charge is 0.464 e. The highest BCUT2D eigenvalue weighted by atomic mass is 35.5. The molecule has 0 amide bonds. The van der Waals surface area contributed by atoms with Crippen molar-refractivity contribution < 1.29 is 9.53 Å². The minimum Gasteiger partial charge on any atom is -0.464 e. The van der Waals surface area contributed by atoms with Gasteiger partial charge in [0.15, 0.2) is 0 Å². The van der Waals surface area contributed by atoms with Gasteiger partial charge < -0.3 is 4.74 Å². The van der Waals surface area contributed by atoms with Gasteiger partial charge in [0.05, 0.1) is 6.61 Å². The summed E-state index contributed by atoms with van der Waals surface area (Å²) < 4.78 is 4.84. The Hall–Kier alpha value is -1.46. The van der Waals surface area contributed by atoms with Crippen LogP contribution in [0.1, 0.15) is 12.5 Å². The van der Waals surface area contributed by atoms with Crippen molar-refractivity contribution in [3.05, 3.63) is 35.9 Å². The highest BCUT2D eigenvalue weighted by Crippen LogP contribution is 2.29. The van der Waals surface area contributed by atoms with Crippen LogP contribution in [0, 0.1) is 12.3 Å². The molecule has 0 heterocycles. The second kappa shape index (κ2) is 4.86. The lowest BCUT2D eigenvalue weighted by atomic mass is 9.99. The molecule has 1 aromatic rings. The van der Waals surface area contributed by atoms with Crippen LogP contribution >= 0.6 is 11.6 Å². The fourth-order valence-corrected chi connectivity index (χ4v) is 1.34. The molecular formula is C12H11ClO2. The van der Waals surface area contributed by atoms with Gasteiger partial charge in [-0.3, -0.25) is 0 Å². The van der Waals surface area contributed by atoms with Crippen LogP contribution in [0.5, 0.6) is 0 Å². The van der Waals surface area contributed by atoms with E-state index >= 15 is 0 Å². The Morgan fingerprint density at radius 1 is 1.53 bits per heavy atom. The van der Waals surface area contributed by atoms with Crippen LogP contribution < -0.4 is 0 Å². The summed E-state index contributed by atoms with van der Waals surface area (Å²) in [5, 5.41) is 0. The molecule has 2 nitrogen and oxygen atoms in total. The van der Waals surface area contributed by atoms with Crippen molar-refractivity contribution in [3.8, 4) is 12.3 Å². The molecule has 1 atom stereocenters. The van der Waals surface area contributed by atoms with Gasteiger partial charge in [0.25, 0.3) is 0 Å². The van der Waals surface area contributed by atoms with E-state index in [-0.39, 0.29) is 6.61 Å². The highest BCUT2D eigenvalue weighted by molar-refractivity contribution is 6.36. The zero-order valence-electron chi connectivity index (χ0n) is 8.37. The summed E-state index contributed by atoms with van der Waals surface area (Å²) in [5.74, 6) is 1.66. The quantitative estimate of drug-likeness (QED) is 0.446. The molecule has 0 radical (unpaired) electrons. The molecule has 0 fully saturated rings. The topological polar surface area (TPSA) is 26.3 Å². The van der Waals surface area contributed by atoms with Crippen molar-refractivity contribution in [2.24, 2.45) is 0 Å². The van der Waals surface area contributed by atoms with Crippen LogP contribution in [0.15, 0.2) is 30.3 Å². The minimum atomic E-state index is -1.52. The first-order valence-electron chi connectivity index (χ1n) is 4.54. The average Bonchev–Trinajstić information content (AvgIpc) is 2.29. The lowest BCUT2D eigenvalue weighted by Gasteiger charge is -2.18. The number of alkyl halides is 1. The number of terminal acetylenes is 1. The van der Waals surface area contributed by atoms with E-state index in [2.05, 4.69) is 5.92 Å². The number of hydrogen-bond donors (Lipinski definition) is 0. The van der Waals surface area contributed by atoms with E-state index in [1.54, 1.807) is 31.2 Å². The van der Waals surface area contributed by atoms with Crippen LogP contribution in [0.2, 0.25) is 0 Å². The summed E-state index contributed by atoms with van der Waals surface area (Å²) in [6.07, 6.45) is 5.29. The number of rotatable bonds is 3. The Labute approximate surface area is 94.2 Å². The lowest BCUT2D eigenvalue weighted by molar-refractivity contribution is -0.144. The standard InChI is InChI=1S/C12H11ClO2/c1-3-12(13,11(14)15-4-2)10-8-6-5-7-9-10/h1,5-9H,4H2,2H3. The first kappa shape index (κ1) is 11.6. The maximum atomic E-state index is 11.6. The third-order valence-corrected chi connectivity index (χ3v) is 2.41. The van der Waals surface area contributed by atoms with Gasteiger partial charge >= 0.3 is 5.97 Å². The van der Waals surface area contributed by atoms with Gasteiger partial charge in [-0.1, -0.05) is 47.9 Å². The molecule has 0 aliphatic rings. The summed E-state index contributed by atoms with van der Waals surface area (Å²) in [4.78, 5) is 10.1. The number of halogens is 1. The summed E-state index contributed by atoms with van der Waals surface area (Å²) in [7, 11) is 0. The lowest BCUT2D eigenvalue weighted by Crippen LogP contribution is -2.30. The van der Waals surface area contributed by atoms with Crippen LogP contribution in [-0.2, 0) is 14.4 Å². The van der Waals surface area contributed by atoms with Crippen molar-refractivity contribution in [1.82, 2.24) is 0 Å². The molecule has 0 saturated heterocycles. The van der Waals surface area contributed by atoms with Gasteiger partial charge in [0.1, 0.15) is 0 Å². The molecule has 0 bridgehead atoms. The fourth-order valence-electron chi connectivity index (χ4n) is 1.16. The first-order chi connectivity index (χ1) is 7.15. The number of ether oxygens (including phenoxy) is 1. The molecule has 0 N–H and O–H groups in total. The van der Waals surface area contributed by atoms with Crippen LogP contribution in [0.3, 0.4) is 0 Å². The van der Waals surface area contributed by atoms with Crippen LogP contribution in [-0.4, -0.2) is 12.6 Å². The second-order valence-corrected chi connectivity index (χ2v) is 3.46. The summed E-state index contributed by atoms with van der Waals surface area (Å²) in [5.41, 5.74) is 0.549. The summed E-state index contributed by atoms with van der Waals surface area (Å²) in [6, 6.07) is 8.75. The Bertz CT molecular complexity index is 380. The van der Waals surface area contributed by atoms with E-state index in [4.69, 9.17) is 22.8 Å². The molecule has 0 aliphatic carbocycles. The van der Waals surface area contributed by atoms with Gasteiger partial charge in [-0.05, 0) is 12.5 Å². The number of esters is 1. The number of carbonyl (C=O) groups excluding carboxylic acids is 1. The Kier molecular flexibility index (Phi) is 3.76. The van der Waals surface area contributed by atoms with E-state index in [0.29, 0.717) is 5.56 Å². The van der Waals surface area contributed by atoms with E-state index in [1.165, 1.54) is 0 Å². The predicted molar refractivity (Wildman–Crippen MR) is 59.4 cm³/mol. The van der Waals surface area contributed by atoms with Crippen molar-refractivity contribution in [2.45, 2.75) is 11.8 Å². The Morgan fingerprint density at radius 3 is 2.60 bits per heavy atom. The average molecular weight is 223 g/mol. The molecule has 0 spiro atoms. The van der Waals surface area contributed by atoms with Crippen LogP contribution in [0.25, 0.3) is 0 Å². The molecule has 0 aromatic heterocycles. The third kappa shape index (κ3) is 2.31. The number of benzene rings is 1. The number of hydrogen-bond acceptors (Lipinski definition) is 2.